The number of halogens is 1. The van der Waals surface area contributed by atoms with Gasteiger partial charge >= 0.3 is 0 Å². The normalized spacial score (nSPS) is 17.7. The van der Waals surface area contributed by atoms with Gasteiger partial charge in [-0.15, -0.1) is 10.2 Å². The van der Waals surface area contributed by atoms with E-state index in [-0.39, 0.29) is 22.3 Å². The zero-order chi connectivity index (χ0) is 15.5. The smallest absolute Gasteiger partial charge is 0.271 e. The first kappa shape index (κ1) is 16.1. The molecule has 2 rings (SSSR count). The van der Waals surface area contributed by atoms with Crippen LogP contribution in [0.1, 0.15) is 24.3 Å². The van der Waals surface area contributed by atoms with E-state index in [2.05, 4.69) is 46.2 Å². The molecule has 0 atom stereocenters. The van der Waals surface area contributed by atoms with Gasteiger partial charge in [0.2, 0.25) is 0 Å². The summed E-state index contributed by atoms with van der Waals surface area (Å²) < 4.78 is 0. The number of piperazine rings is 1. The van der Waals surface area contributed by atoms with Crippen LogP contribution in [-0.4, -0.2) is 71.2 Å². The predicted octanol–water partition coefficient (Wildman–Crippen LogP) is 0.886. The molecule has 6 nitrogen and oxygen atoms in total. The summed E-state index contributed by atoms with van der Waals surface area (Å²) in [6, 6.07) is 3.14. The first-order valence-corrected chi connectivity index (χ1v) is 7.47. The summed E-state index contributed by atoms with van der Waals surface area (Å²) in [5.41, 5.74) is 0.199. The van der Waals surface area contributed by atoms with Crippen molar-refractivity contribution in [3.8, 4) is 0 Å². The van der Waals surface area contributed by atoms with Crippen LogP contribution < -0.4 is 5.32 Å². The fraction of sp³-hybridized carbons (Fsp3) is 0.643. The van der Waals surface area contributed by atoms with E-state index in [1.807, 2.05) is 0 Å². The summed E-state index contributed by atoms with van der Waals surface area (Å²) in [5.74, 6) is -0.221. The first-order valence-electron chi connectivity index (χ1n) is 7.09. The number of carbonyl (C=O) groups excluding carboxylic acids is 1. The third-order valence-corrected chi connectivity index (χ3v) is 4.11. The van der Waals surface area contributed by atoms with Crippen LogP contribution in [0.2, 0.25) is 5.15 Å². The van der Waals surface area contributed by atoms with E-state index in [1.165, 1.54) is 0 Å². The van der Waals surface area contributed by atoms with Gasteiger partial charge in [-0.05, 0) is 33.0 Å². The number of nitrogens with zero attached hydrogens (tertiary/aromatic N) is 4. The summed E-state index contributed by atoms with van der Waals surface area (Å²) >= 11 is 5.66. The van der Waals surface area contributed by atoms with E-state index in [1.54, 1.807) is 12.1 Å². The molecule has 1 aromatic rings. The molecule has 0 aromatic carbocycles. The number of likely N-dealkylation sites (N-methyl/N-ethyl adjacent to an activating group) is 1. The van der Waals surface area contributed by atoms with Crippen LogP contribution in [0.5, 0.6) is 0 Å². The van der Waals surface area contributed by atoms with Gasteiger partial charge in [0.1, 0.15) is 0 Å². The lowest BCUT2D eigenvalue weighted by molar-refractivity contribution is 0.0586. The van der Waals surface area contributed by atoms with Crippen LogP contribution in [0.3, 0.4) is 0 Å². The highest BCUT2D eigenvalue weighted by Gasteiger charge is 2.29. The van der Waals surface area contributed by atoms with Crippen molar-refractivity contribution in [3.63, 3.8) is 0 Å². The minimum atomic E-state index is -0.221. The summed E-state index contributed by atoms with van der Waals surface area (Å²) in [4.78, 5) is 16.8. The van der Waals surface area contributed by atoms with Gasteiger partial charge < -0.3 is 10.2 Å². The van der Waals surface area contributed by atoms with Gasteiger partial charge in [-0.25, -0.2) is 0 Å². The monoisotopic (exact) mass is 311 g/mol. The average Bonchev–Trinajstić information content (AvgIpc) is 2.46. The quantitative estimate of drug-likeness (QED) is 0.894. The third kappa shape index (κ3) is 4.36. The van der Waals surface area contributed by atoms with E-state index in [9.17, 15) is 4.79 Å². The Kier molecular flexibility index (Phi) is 5.13. The van der Waals surface area contributed by atoms with Crippen molar-refractivity contribution in [2.24, 2.45) is 0 Å². The molecule has 116 valence electrons. The molecular weight excluding hydrogens is 290 g/mol. The lowest BCUT2D eigenvalue weighted by Crippen LogP contribution is -2.57. The van der Waals surface area contributed by atoms with Gasteiger partial charge in [-0.2, -0.15) is 0 Å². The summed E-state index contributed by atoms with van der Waals surface area (Å²) in [5, 5.41) is 10.7. The number of amides is 1. The lowest BCUT2D eigenvalue weighted by Gasteiger charge is -2.43. The summed E-state index contributed by atoms with van der Waals surface area (Å²) in [7, 11) is 2.13. The zero-order valence-corrected chi connectivity index (χ0v) is 13.5. The molecule has 1 saturated heterocycles. The third-order valence-electron chi connectivity index (χ3n) is 3.91. The molecule has 0 saturated carbocycles. The predicted molar refractivity (Wildman–Crippen MR) is 82.5 cm³/mol. The Morgan fingerprint density at radius 3 is 2.52 bits per heavy atom. The number of hydrogen-bond donors (Lipinski definition) is 1. The number of rotatable bonds is 4. The van der Waals surface area contributed by atoms with Crippen LogP contribution in [0.25, 0.3) is 0 Å². The van der Waals surface area contributed by atoms with E-state index >= 15 is 0 Å². The molecular formula is C14H22ClN5O. The van der Waals surface area contributed by atoms with Crippen molar-refractivity contribution in [3.05, 3.63) is 23.0 Å². The van der Waals surface area contributed by atoms with Crippen molar-refractivity contribution in [2.75, 3.05) is 39.8 Å². The molecule has 2 heterocycles. The van der Waals surface area contributed by atoms with Gasteiger partial charge in [0.25, 0.3) is 5.91 Å². The highest BCUT2D eigenvalue weighted by Crippen LogP contribution is 2.15. The van der Waals surface area contributed by atoms with Crippen molar-refractivity contribution in [1.82, 2.24) is 25.3 Å². The van der Waals surface area contributed by atoms with Crippen LogP contribution in [0, 0.1) is 0 Å². The molecule has 0 radical (unpaired) electrons. The van der Waals surface area contributed by atoms with Crippen molar-refractivity contribution >= 4 is 17.5 Å². The van der Waals surface area contributed by atoms with Crippen LogP contribution in [-0.2, 0) is 0 Å². The zero-order valence-electron chi connectivity index (χ0n) is 12.8. The van der Waals surface area contributed by atoms with Gasteiger partial charge in [0, 0.05) is 38.3 Å². The maximum absolute atomic E-state index is 12.1. The fourth-order valence-corrected chi connectivity index (χ4v) is 2.45. The Morgan fingerprint density at radius 2 is 1.95 bits per heavy atom. The highest BCUT2D eigenvalue weighted by molar-refractivity contribution is 6.29. The van der Waals surface area contributed by atoms with E-state index in [0.29, 0.717) is 6.54 Å². The largest absolute Gasteiger partial charge is 0.349 e. The van der Waals surface area contributed by atoms with Gasteiger partial charge in [-0.3, -0.25) is 9.69 Å². The van der Waals surface area contributed by atoms with E-state index in [0.717, 1.165) is 26.2 Å². The minimum absolute atomic E-state index is 0.0865. The maximum Gasteiger partial charge on any atom is 0.271 e. The standard InChI is InChI=1S/C14H22ClN5O/c1-14(2,20-8-6-19(3)7-9-20)10-16-13(21)11-4-5-12(15)18-17-11/h4-5H,6-10H2,1-3H3,(H,16,21). The van der Waals surface area contributed by atoms with E-state index in [4.69, 9.17) is 11.6 Å². The number of aromatic nitrogens is 2. The maximum atomic E-state index is 12.1. The molecule has 1 aliphatic heterocycles. The Morgan fingerprint density at radius 1 is 1.29 bits per heavy atom. The lowest BCUT2D eigenvalue weighted by atomic mass is 10.0. The molecule has 1 N–H and O–H groups in total. The molecule has 0 bridgehead atoms. The fourth-order valence-electron chi connectivity index (χ4n) is 2.35. The molecule has 1 aromatic heterocycles. The van der Waals surface area contributed by atoms with E-state index < -0.39 is 0 Å². The summed E-state index contributed by atoms with van der Waals surface area (Å²) in [6.07, 6.45) is 0. The first-order chi connectivity index (χ1) is 9.88. The van der Waals surface area contributed by atoms with Crippen molar-refractivity contribution in [1.29, 1.82) is 0 Å². The van der Waals surface area contributed by atoms with Gasteiger partial charge in [-0.1, -0.05) is 11.6 Å². The number of nitrogens with one attached hydrogen (secondary N) is 1. The molecule has 0 aliphatic carbocycles. The van der Waals surface area contributed by atoms with Crippen molar-refractivity contribution < 1.29 is 4.79 Å². The Hall–Kier alpha value is -1.24. The highest BCUT2D eigenvalue weighted by atomic mass is 35.5. The second-order valence-electron chi connectivity index (χ2n) is 6.03. The Balaban J connectivity index is 1.88. The van der Waals surface area contributed by atoms with Crippen LogP contribution in [0.15, 0.2) is 12.1 Å². The van der Waals surface area contributed by atoms with Gasteiger partial charge in [0.15, 0.2) is 10.8 Å². The topological polar surface area (TPSA) is 61.4 Å². The molecule has 1 aliphatic rings. The molecule has 0 spiro atoms. The molecule has 7 heteroatoms. The Labute approximate surface area is 130 Å². The number of carbonyl (C=O) groups is 1. The molecule has 21 heavy (non-hydrogen) atoms. The summed E-state index contributed by atoms with van der Waals surface area (Å²) in [6.45, 7) is 9.00. The van der Waals surface area contributed by atoms with Crippen LogP contribution in [0.4, 0.5) is 0 Å². The molecule has 1 fully saturated rings. The molecule has 1 amide bonds. The molecule has 0 unspecified atom stereocenters. The Bertz CT molecular complexity index is 483. The van der Waals surface area contributed by atoms with Crippen LogP contribution >= 0.6 is 11.6 Å². The SMILES string of the molecule is CN1CCN(C(C)(C)CNC(=O)c2ccc(Cl)nn2)CC1. The average molecular weight is 312 g/mol. The number of hydrogen-bond acceptors (Lipinski definition) is 5. The second kappa shape index (κ2) is 6.68. The van der Waals surface area contributed by atoms with Gasteiger partial charge in [0.05, 0.1) is 0 Å². The van der Waals surface area contributed by atoms with Crippen molar-refractivity contribution in [2.45, 2.75) is 19.4 Å². The minimum Gasteiger partial charge on any atom is -0.349 e. The second-order valence-corrected chi connectivity index (χ2v) is 6.41.